The molecule has 1 unspecified atom stereocenters. The first-order valence-electron chi connectivity index (χ1n) is 9.93. The molecule has 7 nitrogen and oxygen atoms in total. The summed E-state index contributed by atoms with van der Waals surface area (Å²) in [6, 6.07) is 16.7. The number of nitrogens with two attached hydrogens (primary N) is 1. The standard InChI is InChI=1S/C23H24N4O3/c1-30-23-17-9-4-2-7-15(17)13-19(26-23)22(29)25-18-10-5-3-8-16(18)14-27-12-6-11-20(27)21(24)28/h2-5,7-10,13,20H,6,11-12,14H2,1H3,(H2,24,28)(H,25,29). The van der Waals surface area contributed by atoms with Gasteiger partial charge in [-0.3, -0.25) is 14.5 Å². The van der Waals surface area contributed by atoms with Gasteiger partial charge in [-0.1, -0.05) is 36.4 Å². The zero-order valence-electron chi connectivity index (χ0n) is 16.8. The molecule has 1 aliphatic heterocycles. The summed E-state index contributed by atoms with van der Waals surface area (Å²) in [5.41, 5.74) is 7.42. The van der Waals surface area contributed by atoms with Gasteiger partial charge in [0, 0.05) is 17.6 Å². The predicted molar refractivity (Wildman–Crippen MR) is 115 cm³/mol. The predicted octanol–water partition coefficient (Wildman–Crippen LogP) is 2.95. The summed E-state index contributed by atoms with van der Waals surface area (Å²) in [5.74, 6) is -0.214. The van der Waals surface area contributed by atoms with Crippen molar-refractivity contribution >= 4 is 28.3 Å². The van der Waals surface area contributed by atoms with Crippen molar-refractivity contribution in [3.63, 3.8) is 0 Å². The van der Waals surface area contributed by atoms with E-state index in [2.05, 4.69) is 15.2 Å². The van der Waals surface area contributed by atoms with Gasteiger partial charge >= 0.3 is 0 Å². The number of primary amides is 1. The molecule has 0 radical (unpaired) electrons. The van der Waals surface area contributed by atoms with Crippen molar-refractivity contribution in [1.29, 1.82) is 0 Å². The number of likely N-dealkylation sites (tertiary alicyclic amines) is 1. The van der Waals surface area contributed by atoms with Crippen LogP contribution in [0.2, 0.25) is 0 Å². The zero-order chi connectivity index (χ0) is 21.1. The van der Waals surface area contributed by atoms with E-state index in [0.29, 0.717) is 18.1 Å². The topological polar surface area (TPSA) is 97.6 Å². The minimum atomic E-state index is -0.320. The highest BCUT2D eigenvalue weighted by atomic mass is 16.5. The van der Waals surface area contributed by atoms with Crippen LogP contribution in [-0.4, -0.2) is 41.4 Å². The molecular formula is C23H24N4O3. The Morgan fingerprint density at radius 1 is 1.20 bits per heavy atom. The van der Waals surface area contributed by atoms with E-state index in [9.17, 15) is 9.59 Å². The van der Waals surface area contributed by atoms with Gasteiger partial charge in [0.05, 0.1) is 13.2 Å². The van der Waals surface area contributed by atoms with Crippen LogP contribution >= 0.6 is 0 Å². The van der Waals surface area contributed by atoms with Crippen molar-refractivity contribution in [2.24, 2.45) is 5.73 Å². The Kier molecular flexibility index (Phi) is 5.63. The van der Waals surface area contributed by atoms with Crippen LogP contribution in [0, 0.1) is 0 Å². The highest BCUT2D eigenvalue weighted by Crippen LogP contribution is 2.26. The molecule has 0 spiro atoms. The van der Waals surface area contributed by atoms with Crippen LogP contribution in [0.5, 0.6) is 5.88 Å². The second-order valence-corrected chi connectivity index (χ2v) is 7.38. The number of anilines is 1. The third-order valence-corrected chi connectivity index (χ3v) is 5.46. The molecule has 1 aliphatic rings. The average Bonchev–Trinajstić information content (AvgIpc) is 3.22. The summed E-state index contributed by atoms with van der Waals surface area (Å²) in [6.07, 6.45) is 1.70. The Bertz CT molecular complexity index is 1100. The van der Waals surface area contributed by atoms with E-state index in [1.807, 2.05) is 48.5 Å². The van der Waals surface area contributed by atoms with E-state index in [1.165, 1.54) is 7.11 Å². The normalized spacial score (nSPS) is 16.5. The van der Waals surface area contributed by atoms with E-state index in [4.69, 9.17) is 10.5 Å². The van der Waals surface area contributed by atoms with Crippen LogP contribution in [0.1, 0.15) is 28.9 Å². The molecule has 4 rings (SSSR count). The van der Waals surface area contributed by atoms with Gasteiger partial charge in [-0.15, -0.1) is 0 Å². The average molecular weight is 404 g/mol. The molecule has 1 fully saturated rings. The lowest BCUT2D eigenvalue weighted by Crippen LogP contribution is -2.39. The molecule has 1 aromatic heterocycles. The monoisotopic (exact) mass is 404 g/mol. The van der Waals surface area contributed by atoms with Crippen LogP contribution in [0.3, 0.4) is 0 Å². The first kappa shape index (κ1) is 19.8. The van der Waals surface area contributed by atoms with Gasteiger partial charge in [0.1, 0.15) is 5.69 Å². The second-order valence-electron chi connectivity index (χ2n) is 7.38. The summed E-state index contributed by atoms with van der Waals surface area (Å²) < 4.78 is 5.37. The van der Waals surface area contributed by atoms with Gasteiger partial charge < -0.3 is 15.8 Å². The SMILES string of the molecule is COc1nc(C(=O)Nc2ccccc2CN2CCCC2C(N)=O)cc2ccccc12. The van der Waals surface area contributed by atoms with E-state index >= 15 is 0 Å². The van der Waals surface area contributed by atoms with E-state index in [0.717, 1.165) is 35.7 Å². The van der Waals surface area contributed by atoms with Gasteiger partial charge in [0.25, 0.3) is 5.91 Å². The molecule has 2 aromatic carbocycles. The summed E-state index contributed by atoms with van der Waals surface area (Å²) in [7, 11) is 1.54. The maximum absolute atomic E-state index is 13.0. The van der Waals surface area contributed by atoms with E-state index in [-0.39, 0.29) is 23.6 Å². The number of rotatable bonds is 6. The molecule has 30 heavy (non-hydrogen) atoms. The van der Waals surface area contributed by atoms with Crippen LogP contribution < -0.4 is 15.8 Å². The Labute approximate surface area is 174 Å². The van der Waals surface area contributed by atoms with Crippen LogP contribution in [0.4, 0.5) is 5.69 Å². The number of amides is 2. The first-order chi connectivity index (χ1) is 14.6. The number of carbonyl (C=O) groups excluding carboxylic acids is 2. The number of hydrogen-bond donors (Lipinski definition) is 2. The smallest absolute Gasteiger partial charge is 0.274 e. The van der Waals surface area contributed by atoms with Gasteiger partial charge in [0.2, 0.25) is 11.8 Å². The van der Waals surface area contributed by atoms with Gasteiger partial charge in [-0.05, 0) is 48.5 Å². The number of benzene rings is 2. The number of fused-ring (bicyclic) bond motifs is 1. The maximum Gasteiger partial charge on any atom is 0.274 e. The Morgan fingerprint density at radius 2 is 1.97 bits per heavy atom. The van der Waals surface area contributed by atoms with Crippen LogP contribution in [-0.2, 0) is 11.3 Å². The first-order valence-corrected chi connectivity index (χ1v) is 9.93. The number of aromatic nitrogens is 1. The molecule has 0 bridgehead atoms. The molecule has 0 aliphatic carbocycles. The van der Waals surface area contributed by atoms with Gasteiger partial charge in [0.15, 0.2) is 0 Å². The largest absolute Gasteiger partial charge is 0.481 e. The fourth-order valence-electron chi connectivity index (χ4n) is 3.96. The number of nitrogens with one attached hydrogen (secondary N) is 1. The van der Waals surface area contributed by atoms with E-state index in [1.54, 1.807) is 6.07 Å². The molecule has 2 heterocycles. The number of hydrogen-bond acceptors (Lipinski definition) is 5. The Morgan fingerprint density at radius 3 is 2.77 bits per heavy atom. The molecule has 0 saturated carbocycles. The molecule has 2 amide bonds. The number of ether oxygens (including phenoxy) is 1. The number of nitrogens with zero attached hydrogens (tertiary/aromatic N) is 2. The van der Waals surface area contributed by atoms with Crippen molar-refractivity contribution in [3.8, 4) is 5.88 Å². The minimum absolute atomic E-state index is 0.264. The molecule has 3 N–H and O–H groups in total. The molecule has 1 saturated heterocycles. The molecular weight excluding hydrogens is 380 g/mol. The minimum Gasteiger partial charge on any atom is -0.481 e. The highest BCUT2D eigenvalue weighted by molar-refractivity contribution is 6.05. The fourth-order valence-corrected chi connectivity index (χ4v) is 3.96. The molecule has 3 aromatic rings. The fraction of sp³-hybridized carbons (Fsp3) is 0.261. The van der Waals surface area contributed by atoms with Crippen molar-refractivity contribution < 1.29 is 14.3 Å². The third kappa shape index (κ3) is 3.97. The number of carbonyl (C=O) groups is 2. The third-order valence-electron chi connectivity index (χ3n) is 5.46. The van der Waals surface area contributed by atoms with Crippen LogP contribution in [0.15, 0.2) is 54.6 Å². The zero-order valence-corrected chi connectivity index (χ0v) is 16.8. The number of methoxy groups -OCH3 is 1. The molecule has 1 atom stereocenters. The van der Waals surface area contributed by atoms with Crippen molar-refractivity contribution in [2.75, 3.05) is 19.0 Å². The Hall–Kier alpha value is -3.45. The molecule has 154 valence electrons. The summed E-state index contributed by atoms with van der Waals surface area (Å²) in [6.45, 7) is 1.35. The summed E-state index contributed by atoms with van der Waals surface area (Å²) in [5, 5.41) is 4.69. The lowest BCUT2D eigenvalue weighted by molar-refractivity contribution is -0.122. The van der Waals surface area contributed by atoms with Crippen molar-refractivity contribution in [2.45, 2.75) is 25.4 Å². The number of pyridine rings is 1. The lowest BCUT2D eigenvalue weighted by Gasteiger charge is -2.23. The maximum atomic E-state index is 13.0. The lowest BCUT2D eigenvalue weighted by atomic mass is 10.1. The van der Waals surface area contributed by atoms with Gasteiger partial charge in [-0.2, -0.15) is 0 Å². The number of para-hydroxylation sites is 1. The van der Waals surface area contributed by atoms with Crippen molar-refractivity contribution in [1.82, 2.24) is 9.88 Å². The molecule has 7 heteroatoms. The van der Waals surface area contributed by atoms with Gasteiger partial charge in [-0.25, -0.2) is 4.98 Å². The quantitative estimate of drug-likeness (QED) is 0.658. The van der Waals surface area contributed by atoms with E-state index < -0.39 is 0 Å². The summed E-state index contributed by atoms with van der Waals surface area (Å²) in [4.78, 5) is 31.1. The summed E-state index contributed by atoms with van der Waals surface area (Å²) >= 11 is 0. The van der Waals surface area contributed by atoms with Crippen molar-refractivity contribution in [3.05, 3.63) is 65.9 Å². The Balaban J connectivity index is 1.59. The van der Waals surface area contributed by atoms with Crippen LogP contribution in [0.25, 0.3) is 10.8 Å². The highest BCUT2D eigenvalue weighted by Gasteiger charge is 2.29. The second kappa shape index (κ2) is 8.51.